The Labute approximate surface area is 195 Å². The third-order valence-electron chi connectivity index (χ3n) is 4.58. The summed E-state index contributed by atoms with van der Waals surface area (Å²) in [6.45, 7) is 2.85. The molecule has 174 valence electrons. The van der Waals surface area contributed by atoms with Crippen LogP contribution >= 0.6 is 0 Å². The number of rotatable bonds is 7. The van der Waals surface area contributed by atoms with Gasteiger partial charge in [-0.05, 0) is 60.2 Å². The summed E-state index contributed by atoms with van der Waals surface area (Å²) in [5, 5.41) is 10.7. The zero-order chi connectivity index (χ0) is 24.7. The third-order valence-corrected chi connectivity index (χ3v) is 4.58. The van der Waals surface area contributed by atoms with Crippen molar-refractivity contribution in [1.29, 1.82) is 0 Å². The van der Waals surface area contributed by atoms with Crippen LogP contribution in [0.4, 0.5) is 21.5 Å². The van der Waals surface area contributed by atoms with E-state index in [0.29, 0.717) is 22.6 Å². The number of carbonyl (C=O) groups excluding carboxylic acids is 4. The molecule has 0 aliphatic heterocycles. The summed E-state index contributed by atoms with van der Waals surface area (Å²) < 4.78 is 13.1. The number of halogens is 1. The van der Waals surface area contributed by atoms with Crippen molar-refractivity contribution in [2.75, 3.05) is 16.0 Å². The number of anilines is 3. The maximum Gasteiger partial charge on any atom is 0.255 e. The normalized spacial score (nSPS) is 10.2. The van der Waals surface area contributed by atoms with Crippen molar-refractivity contribution >= 4 is 40.7 Å². The van der Waals surface area contributed by atoms with E-state index in [0.717, 1.165) is 5.56 Å². The molecule has 0 aliphatic carbocycles. The molecule has 3 rings (SSSR count). The fourth-order valence-electron chi connectivity index (χ4n) is 3.16. The largest absolute Gasteiger partial charge is 0.348 e. The molecule has 0 fully saturated rings. The Morgan fingerprint density at radius 2 is 1.29 bits per heavy atom. The molecule has 34 heavy (non-hydrogen) atoms. The Morgan fingerprint density at radius 3 is 1.88 bits per heavy atom. The van der Waals surface area contributed by atoms with Gasteiger partial charge in [-0.3, -0.25) is 19.2 Å². The van der Waals surface area contributed by atoms with Gasteiger partial charge in [-0.15, -0.1) is 0 Å². The van der Waals surface area contributed by atoms with Gasteiger partial charge < -0.3 is 21.3 Å². The van der Waals surface area contributed by atoms with Gasteiger partial charge in [0.1, 0.15) is 5.82 Å². The molecular formula is C25H23FN4O4. The van der Waals surface area contributed by atoms with Crippen molar-refractivity contribution in [1.82, 2.24) is 5.32 Å². The van der Waals surface area contributed by atoms with Gasteiger partial charge in [0, 0.05) is 48.6 Å². The van der Waals surface area contributed by atoms with Crippen molar-refractivity contribution in [3.05, 3.63) is 89.2 Å². The molecule has 0 bridgehead atoms. The van der Waals surface area contributed by atoms with Crippen molar-refractivity contribution in [2.24, 2.45) is 0 Å². The molecule has 8 nitrogen and oxygen atoms in total. The predicted molar refractivity (Wildman–Crippen MR) is 127 cm³/mol. The second kappa shape index (κ2) is 10.9. The number of hydrogen-bond acceptors (Lipinski definition) is 4. The maximum absolute atomic E-state index is 13.1. The minimum atomic E-state index is -0.430. The second-order valence-electron chi connectivity index (χ2n) is 7.51. The topological polar surface area (TPSA) is 116 Å². The lowest BCUT2D eigenvalue weighted by atomic mass is 10.1. The number of amides is 4. The van der Waals surface area contributed by atoms with E-state index in [4.69, 9.17) is 0 Å². The van der Waals surface area contributed by atoms with E-state index in [2.05, 4.69) is 21.3 Å². The first-order valence-electron chi connectivity index (χ1n) is 10.3. The van der Waals surface area contributed by atoms with Crippen LogP contribution in [-0.4, -0.2) is 23.6 Å². The summed E-state index contributed by atoms with van der Waals surface area (Å²) in [6.07, 6.45) is 0. The lowest BCUT2D eigenvalue weighted by Crippen LogP contribution is -2.23. The molecule has 4 amide bonds. The lowest BCUT2D eigenvalue weighted by Gasteiger charge is -2.12. The van der Waals surface area contributed by atoms with Crippen LogP contribution in [0.5, 0.6) is 0 Å². The lowest BCUT2D eigenvalue weighted by molar-refractivity contribution is -0.115. The fraction of sp³-hybridized carbons (Fsp3) is 0.120. The highest BCUT2D eigenvalue weighted by Crippen LogP contribution is 2.20. The summed E-state index contributed by atoms with van der Waals surface area (Å²) in [4.78, 5) is 47.9. The van der Waals surface area contributed by atoms with Gasteiger partial charge in [0.25, 0.3) is 11.8 Å². The van der Waals surface area contributed by atoms with E-state index < -0.39 is 11.7 Å². The first kappa shape index (κ1) is 24.1. The van der Waals surface area contributed by atoms with Gasteiger partial charge in [0.05, 0.1) is 0 Å². The average Bonchev–Trinajstić information content (AvgIpc) is 2.77. The smallest absolute Gasteiger partial charge is 0.255 e. The van der Waals surface area contributed by atoms with Crippen LogP contribution in [0, 0.1) is 5.82 Å². The van der Waals surface area contributed by atoms with Crippen LogP contribution in [0.2, 0.25) is 0 Å². The van der Waals surface area contributed by atoms with E-state index in [9.17, 15) is 23.6 Å². The van der Waals surface area contributed by atoms with Crippen LogP contribution in [0.3, 0.4) is 0 Å². The Bertz CT molecular complexity index is 1210. The highest BCUT2D eigenvalue weighted by atomic mass is 19.1. The Kier molecular flexibility index (Phi) is 7.71. The SMILES string of the molecule is CC(=O)Nc1cc(NC(C)=O)cc(C(=O)NCc2cccc(NC(=O)c3ccc(F)cc3)c2)c1. The summed E-state index contributed by atoms with van der Waals surface area (Å²) in [7, 11) is 0. The van der Waals surface area contributed by atoms with Crippen molar-refractivity contribution in [3.63, 3.8) is 0 Å². The second-order valence-corrected chi connectivity index (χ2v) is 7.51. The molecule has 9 heteroatoms. The van der Waals surface area contributed by atoms with E-state index in [-0.39, 0.29) is 29.8 Å². The quantitative estimate of drug-likeness (QED) is 0.426. The molecule has 0 saturated carbocycles. The molecule has 0 radical (unpaired) electrons. The van der Waals surface area contributed by atoms with E-state index in [1.165, 1.54) is 50.2 Å². The Hall–Kier alpha value is -4.53. The number of hydrogen-bond donors (Lipinski definition) is 4. The molecule has 4 N–H and O–H groups in total. The van der Waals surface area contributed by atoms with E-state index in [1.807, 2.05) is 0 Å². The third kappa shape index (κ3) is 6.99. The first-order valence-corrected chi connectivity index (χ1v) is 10.3. The first-order chi connectivity index (χ1) is 16.2. The zero-order valence-electron chi connectivity index (χ0n) is 18.6. The molecule has 0 heterocycles. The zero-order valence-corrected chi connectivity index (χ0v) is 18.6. The van der Waals surface area contributed by atoms with Gasteiger partial charge in [0.2, 0.25) is 11.8 Å². The highest BCUT2D eigenvalue weighted by Gasteiger charge is 2.11. The molecule has 0 atom stereocenters. The molecule has 0 saturated heterocycles. The predicted octanol–water partition coefficient (Wildman–Crippen LogP) is 3.92. The Balaban J connectivity index is 1.68. The van der Waals surface area contributed by atoms with Crippen molar-refractivity contribution in [3.8, 4) is 0 Å². The number of carbonyl (C=O) groups is 4. The number of benzene rings is 3. The van der Waals surface area contributed by atoms with Gasteiger partial charge in [-0.2, -0.15) is 0 Å². The molecular weight excluding hydrogens is 439 g/mol. The molecule has 3 aromatic carbocycles. The summed E-state index contributed by atoms with van der Waals surface area (Å²) in [5.74, 6) is -1.86. The van der Waals surface area contributed by atoms with Crippen LogP contribution in [0.1, 0.15) is 40.1 Å². The summed E-state index contributed by atoms with van der Waals surface area (Å²) in [5.41, 5.74) is 2.54. The van der Waals surface area contributed by atoms with Crippen LogP contribution in [0.15, 0.2) is 66.7 Å². The van der Waals surface area contributed by atoms with Gasteiger partial charge in [-0.1, -0.05) is 12.1 Å². The maximum atomic E-state index is 13.1. The minimum absolute atomic E-state index is 0.166. The minimum Gasteiger partial charge on any atom is -0.348 e. The summed E-state index contributed by atoms with van der Waals surface area (Å²) >= 11 is 0. The standard InChI is InChI=1S/C25H23FN4O4/c1-15(31)28-22-11-19(12-23(13-22)29-16(2)32)24(33)27-14-17-4-3-5-21(10-17)30-25(34)18-6-8-20(26)9-7-18/h3-13H,14H2,1-2H3,(H,27,33)(H,28,31)(H,29,32)(H,30,34). The Morgan fingerprint density at radius 1 is 0.676 bits per heavy atom. The highest BCUT2D eigenvalue weighted by molar-refractivity contribution is 6.04. The van der Waals surface area contributed by atoms with Crippen LogP contribution < -0.4 is 21.3 Å². The molecule has 3 aromatic rings. The van der Waals surface area contributed by atoms with Crippen LogP contribution in [-0.2, 0) is 16.1 Å². The molecule has 0 spiro atoms. The van der Waals surface area contributed by atoms with Gasteiger partial charge in [-0.25, -0.2) is 4.39 Å². The molecule has 0 aliphatic rings. The van der Waals surface area contributed by atoms with Gasteiger partial charge in [0.15, 0.2) is 0 Å². The average molecular weight is 462 g/mol. The van der Waals surface area contributed by atoms with Crippen molar-refractivity contribution < 1.29 is 23.6 Å². The molecule has 0 aromatic heterocycles. The number of nitrogens with one attached hydrogen (secondary N) is 4. The van der Waals surface area contributed by atoms with E-state index >= 15 is 0 Å². The fourth-order valence-corrected chi connectivity index (χ4v) is 3.16. The van der Waals surface area contributed by atoms with Crippen molar-refractivity contribution in [2.45, 2.75) is 20.4 Å². The van der Waals surface area contributed by atoms with Crippen LogP contribution in [0.25, 0.3) is 0 Å². The van der Waals surface area contributed by atoms with Gasteiger partial charge >= 0.3 is 0 Å². The monoisotopic (exact) mass is 462 g/mol. The van der Waals surface area contributed by atoms with E-state index in [1.54, 1.807) is 30.3 Å². The molecule has 0 unspecified atom stereocenters. The summed E-state index contributed by atoms with van der Waals surface area (Å²) in [6, 6.07) is 16.7.